The number of imidazole rings is 1. The fraction of sp³-hybridized carbons (Fsp3) is 0.400. The van der Waals surface area contributed by atoms with Gasteiger partial charge in [0.2, 0.25) is 0 Å². The van der Waals surface area contributed by atoms with Crippen LogP contribution >= 0.6 is 0 Å². The Labute approximate surface area is 193 Å². The summed E-state index contributed by atoms with van der Waals surface area (Å²) in [6.45, 7) is 6.25. The molecule has 8 heteroatoms. The highest BCUT2D eigenvalue weighted by atomic mass is 16.5. The number of pyridine rings is 1. The van der Waals surface area contributed by atoms with Crippen LogP contribution < -0.4 is 15.0 Å². The van der Waals surface area contributed by atoms with Crippen LogP contribution in [0.3, 0.4) is 0 Å². The van der Waals surface area contributed by atoms with Crippen molar-refractivity contribution >= 4 is 11.7 Å². The van der Waals surface area contributed by atoms with Crippen molar-refractivity contribution in [3.05, 3.63) is 59.2 Å². The van der Waals surface area contributed by atoms with Crippen LogP contribution in [-0.2, 0) is 24.2 Å². The van der Waals surface area contributed by atoms with Crippen LogP contribution in [0.25, 0.3) is 11.3 Å². The van der Waals surface area contributed by atoms with E-state index in [0.29, 0.717) is 31.1 Å². The van der Waals surface area contributed by atoms with Crippen molar-refractivity contribution in [1.29, 1.82) is 0 Å². The number of nitrogens with one attached hydrogen (secondary N) is 1. The molecular formula is C25H29N5O3. The van der Waals surface area contributed by atoms with Crippen LogP contribution in [0.4, 0.5) is 5.82 Å². The van der Waals surface area contributed by atoms with Crippen molar-refractivity contribution in [2.24, 2.45) is 0 Å². The quantitative estimate of drug-likeness (QED) is 0.626. The summed E-state index contributed by atoms with van der Waals surface area (Å²) in [7, 11) is 1.61. The maximum atomic E-state index is 12.9. The van der Waals surface area contributed by atoms with E-state index in [1.807, 2.05) is 25.3 Å². The van der Waals surface area contributed by atoms with Crippen LogP contribution in [0.5, 0.6) is 5.75 Å². The molecule has 0 atom stereocenters. The highest BCUT2D eigenvalue weighted by Crippen LogP contribution is 2.27. The van der Waals surface area contributed by atoms with Crippen molar-refractivity contribution in [1.82, 2.24) is 19.9 Å². The van der Waals surface area contributed by atoms with Gasteiger partial charge in [0.15, 0.2) is 0 Å². The molecule has 2 aliphatic heterocycles. The Bertz CT molecular complexity index is 1150. The van der Waals surface area contributed by atoms with Crippen molar-refractivity contribution in [2.75, 3.05) is 38.3 Å². The second kappa shape index (κ2) is 9.23. The van der Waals surface area contributed by atoms with Crippen LogP contribution in [0.2, 0.25) is 0 Å². The second-order valence-corrected chi connectivity index (χ2v) is 8.51. The molecule has 4 heterocycles. The number of morpholine rings is 1. The first kappa shape index (κ1) is 21.5. The Balaban J connectivity index is 1.41. The van der Waals surface area contributed by atoms with Crippen LogP contribution in [-0.4, -0.2) is 53.9 Å². The Morgan fingerprint density at radius 2 is 2.06 bits per heavy atom. The molecule has 1 N–H and O–H groups in total. The number of aryl methyl sites for hydroxylation is 3. The summed E-state index contributed by atoms with van der Waals surface area (Å²) >= 11 is 0. The molecule has 0 aliphatic carbocycles. The number of anilines is 1. The fourth-order valence-corrected chi connectivity index (χ4v) is 4.47. The molecule has 1 aromatic carbocycles. The van der Waals surface area contributed by atoms with Gasteiger partial charge in [0, 0.05) is 61.7 Å². The minimum atomic E-state index is -0.146. The van der Waals surface area contributed by atoms with Gasteiger partial charge in [-0.25, -0.2) is 9.97 Å². The fourth-order valence-electron chi connectivity index (χ4n) is 4.47. The number of methoxy groups -OCH3 is 1. The van der Waals surface area contributed by atoms with Gasteiger partial charge in [0.25, 0.3) is 5.91 Å². The second-order valence-electron chi connectivity index (χ2n) is 8.51. The van der Waals surface area contributed by atoms with Gasteiger partial charge >= 0.3 is 0 Å². The minimum Gasteiger partial charge on any atom is -0.496 e. The van der Waals surface area contributed by atoms with Crippen molar-refractivity contribution in [3.8, 4) is 17.0 Å². The molecule has 33 heavy (non-hydrogen) atoms. The first-order valence-corrected chi connectivity index (χ1v) is 11.4. The lowest BCUT2D eigenvalue weighted by Crippen LogP contribution is -2.38. The molecule has 0 bridgehead atoms. The topological polar surface area (TPSA) is 81.5 Å². The zero-order chi connectivity index (χ0) is 22.8. The molecule has 8 nitrogen and oxygen atoms in total. The van der Waals surface area contributed by atoms with E-state index in [4.69, 9.17) is 19.4 Å². The highest BCUT2D eigenvalue weighted by molar-refractivity contribution is 5.94. The van der Waals surface area contributed by atoms with Gasteiger partial charge in [-0.05, 0) is 37.1 Å². The Morgan fingerprint density at radius 3 is 2.85 bits per heavy atom. The molecule has 1 fully saturated rings. The molecule has 5 rings (SSSR count). The summed E-state index contributed by atoms with van der Waals surface area (Å²) < 4.78 is 13.1. The number of carbonyl (C=O) groups excluding carboxylic acids is 1. The number of hydrogen-bond acceptors (Lipinski definition) is 6. The standard InChI is InChI=1S/C25H29N5O3/c1-17-5-6-18(13-22(17)32-2)25(31)27-15-20-12-19(21-16-30-7-3-4-23(30)28-21)14-26-24(20)29-8-10-33-11-9-29/h5-6,12-14,16H,3-4,7-11,15H2,1-2H3,(H,27,31). The lowest BCUT2D eigenvalue weighted by Gasteiger charge is -2.29. The monoisotopic (exact) mass is 447 g/mol. The maximum Gasteiger partial charge on any atom is 0.251 e. The number of amides is 1. The van der Waals surface area contributed by atoms with Crippen molar-refractivity contribution < 1.29 is 14.3 Å². The normalized spacial score (nSPS) is 15.4. The molecule has 0 saturated carbocycles. The third-order valence-electron chi connectivity index (χ3n) is 6.32. The molecule has 2 aliphatic rings. The molecule has 0 unspecified atom stereocenters. The molecule has 0 spiro atoms. The largest absolute Gasteiger partial charge is 0.496 e. The van der Waals surface area contributed by atoms with Gasteiger partial charge in [0.1, 0.15) is 17.4 Å². The van der Waals surface area contributed by atoms with Crippen molar-refractivity contribution in [2.45, 2.75) is 32.9 Å². The van der Waals surface area contributed by atoms with Gasteiger partial charge in [-0.3, -0.25) is 4.79 Å². The molecule has 172 valence electrons. The number of aromatic nitrogens is 3. The van der Waals surface area contributed by atoms with E-state index >= 15 is 0 Å². The average Bonchev–Trinajstić information content (AvgIpc) is 3.46. The van der Waals surface area contributed by atoms with Gasteiger partial charge < -0.3 is 24.3 Å². The molecule has 3 aromatic rings. The van der Waals surface area contributed by atoms with Crippen molar-refractivity contribution in [3.63, 3.8) is 0 Å². The number of rotatable bonds is 6. The number of benzene rings is 1. The van der Waals surface area contributed by atoms with E-state index in [1.54, 1.807) is 13.2 Å². The van der Waals surface area contributed by atoms with E-state index in [-0.39, 0.29) is 5.91 Å². The molecule has 2 aromatic heterocycles. The van der Waals surface area contributed by atoms with Gasteiger partial charge in [-0.2, -0.15) is 0 Å². The lowest BCUT2D eigenvalue weighted by atomic mass is 10.1. The molecular weight excluding hydrogens is 418 g/mol. The predicted molar refractivity (Wildman–Crippen MR) is 126 cm³/mol. The predicted octanol–water partition coefficient (Wildman–Crippen LogP) is 2.97. The van der Waals surface area contributed by atoms with Crippen LogP contribution in [0.15, 0.2) is 36.7 Å². The number of nitrogens with zero attached hydrogens (tertiary/aromatic N) is 4. The smallest absolute Gasteiger partial charge is 0.251 e. The summed E-state index contributed by atoms with van der Waals surface area (Å²) in [6.07, 6.45) is 6.16. The Morgan fingerprint density at radius 1 is 1.21 bits per heavy atom. The number of ether oxygens (including phenoxy) is 2. The number of carbonyl (C=O) groups is 1. The summed E-state index contributed by atoms with van der Waals surface area (Å²) in [4.78, 5) is 24.7. The molecule has 1 saturated heterocycles. The van der Waals surface area contributed by atoms with Gasteiger partial charge in [-0.1, -0.05) is 6.07 Å². The van der Waals surface area contributed by atoms with E-state index in [2.05, 4.69) is 27.0 Å². The van der Waals surface area contributed by atoms with E-state index < -0.39 is 0 Å². The van der Waals surface area contributed by atoms with Gasteiger partial charge in [0.05, 0.1) is 26.0 Å². The first-order chi connectivity index (χ1) is 16.1. The highest BCUT2D eigenvalue weighted by Gasteiger charge is 2.20. The minimum absolute atomic E-state index is 0.146. The third kappa shape index (κ3) is 4.43. The van der Waals surface area contributed by atoms with Crippen LogP contribution in [0, 0.1) is 6.92 Å². The van der Waals surface area contributed by atoms with E-state index in [1.165, 1.54) is 0 Å². The summed E-state index contributed by atoms with van der Waals surface area (Å²) in [5, 5.41) is 3.07. The zero-order valence-electron chi connectivity index (χ0n) is 19.1. The van der Waals surface area contributed by atoms with Crippen LogP contribution in [0.1, 0.15) is 33.7 Å². The molecule has 1 amide bonds. The summed E-state index contributed by atoms with van der Waals surface area (Å²) in [5.74, 6) is 2.57. The van der Waals surface area contributed by atoms with Gasteiger partial charge in [-0.15, -0.1) is 0 Å². The van der Waals surface area contributed by atoms with E-state index in [0.717, 1.165) is 66.5 Å². The molecule has 0 radical (unpaired) electrons. The number of hydrogen-bond donors (Lipinski definition) is 1. The number of fused-ring (bicyclic) bond motifs is 1. The average molecular weight is 448 g/mol. The Kier molecular flexibility index (Phi) is 6.00. The van der Waals surface area contributed by atoms with E-state index in [9.17, 15) is 4.79 Å². The third-order valence-corrected chi connectivity index (χ3v) is 6.32. The first-order valence-electron chi connectivity index (χ1n) is 11.4. The SMILES string of the molecule is COc1cc(C(=O)NCc2cc(-c3cn4c(n3)CCC4)cnc2N2CCOCC2)ccc1C. The summed E-state index contributed by atoms with van der Waals surface area (Å²) in [5.41, 5.74) is 4.43. The summed E-state index contributed by atoms with van der Waals surface area (Å²) in [6, 6.07) is 7.59. The zero-order valence-corrected chi connectivity index (χ0v) is 19.1. The Hall–Kier alpha value is -3.39. The lowest BCUT2D eigenvalue weighted by molar-refractivity contribution is 0.0950. The maximum absolute atomic E-state index is 12.9.